The molecular formula is C23H31F2N. The van der Waals surface area contributed by atoms with Gasteiger partial charge in [0.15, 0.2) is 5.67 Å². The number of likely N-dealkylation sites (tertiary alicyclic amines) is 1. The summed E-state index contributed by atoms with van der Waals surface area (Å²) in [6.07, 6.45) is 5.32. The molecular weight excluding hydrogens is 328 g/mol. The van der Waals surface area contributed by atoms with Gasteiger partial charge in [-0.25, -0.2) is 8.78 Å². The molecule has 1 nitrogen and oxygen atoms in total. The van der Waals surface area contributed by atoms with E-state index in [1.54, 1.807) is 0 Å². The Morgan fingerprint density at radius 3 is 2.54 bits per heavy atom. The Labute approximate surface area is 157 Å². The van der Waals surface area contributed by atoms with E-state index in [0.29, 0.717) is 24.0 Å². The van der Waals surface area contributed by atoms with Gasteiger partial charge in [-0.2, -0.15) is 0 Å². The normalized spacial score (nSPS) is 23.6. The van der Waals surface area contributed by atoms with Crippen LogP contribution in [0.2, 0.25) is 0 Å². The number of nitrogens with zero attached hydrogens (tertiary/aromatic N) is 1. The van der Waals surface area contributed by atoms with Crippen LogP contribution in [-0.4, -0.2) is 30.2 Å². The molecule has 0 radical (unpaired) electrons. The largest absolute Gasteiger partial charge is 0.299 e. The zero-order chi connectivity index (χ0) is 19.2. The van der Waals surface area contributed by atoms with E-state index >= 15 is 0 Å². The molecule has 3 unspecified atom stereocenters. The Kier molecular flexibility index (Phi) is 7.33. The standard InChI is InChI=1S/C23H31F2N/c1-5-20-16-26(15-18(3)23(4,25)14-22(24)6-2)17-21(20)13-12-19-10-8-7-9-11-19/h6-11,14,20-21H,2-3,5,12-13,15-17H2,1,4H3/b22-14+. The summed E-state index contributed by atoms with van der Waals surface area (Å²) < 4.78 is 28.1. The van der Waals surface area contributed by atoms with Gasteiger partial charge in [0, 0.05) is 19.6 Å². The lowest BCUT2D eigenvalue weighted by molar-refractivity contribution is 0.263. The molecule has 3 atom stereocenters. The molecule has 1 aliphatic heterocycles. The number of allylic oxidation sites excluding steroid dienone is 3. The molecule has 0 amide bonds. The first-order chi connectivity index (χ1) is 12.4. The van der Waals surface area contributed by atoms with E-state index in [2.05, 4.69) is 49.2 Å². The maximum Gasteiger partial charge on any atom is 0.151 e. The minimum atomic E-state index is -1.86. The van der Waals surface area contributed by atoms with Crippen LogP contribution >= 0.6 is 0 Å². The van der Waals surface area contributed by atoms with Gasteiger partial charge in [0.1, 0.15) is 5.83 Å². The molecule has 1 fully saturated rings. The lowest BCUT2D eigenvalue weighted by Crippen LogP contribution is -2.30. The molecule has 1 heterocycles. The van der Waals surface area contributed by atoms with Gasteiger partial charge >= 0.3 is 0 Å². The Bertz CT molecular complexity index is 633. The molecule has 0 aliphatic carbocycles. The number of hydrogen-bond donors (Lipinski definition) is 0. The quantitative estimate of drug-likeness (QED) is 0.392. The van der Waals surface area contributed by atoms with Crippen molar-refractivity contribution in [2.24, 2.45) is 11.8 Å². The minimum Gasteiger partial charge on any atom is -0.299 e. The van der Waals surface area contributed by atoms with Gasteiger partial charge in [0.05, 0.1) is 0 Å². The number of halogens is 2. The Morgan fingerprint density at radius 1 is 1.27 bits per heavy atom. The summed E-state index contributed by atoms with van der Waals surface area (Å²) in [5.41, 5.74) is -0.0955. The summed E-state index contributed by atoms with van der Waals surface area (Å²) in [7, 11) is 0. The van der Waals surface area contributed by atoms with Gasteiger partial charge < -0.3 is 0 Å². The summed E-state index contributed by atoms with van der Waals surface area (Å²) in [5, 5.41) is 0. The van der Waals surface area contributed by atoms with Crippen LogP contribution in [0, 0.1) is 11.8 Å². The molecule has 0 N–H and O–H groups in total. The summed E-state index contributed by atoms with van der Waals surface area (Å²) >= 11 is 0. The Morgan fingerprint density at radius 2 is 1.92 bits per heavy atom. The third-order valence-electron chi connectivity index (χ3n) is 5.53. The highest BCUT2D eigenvalue weighted by atomic mass is 19.1. The lowest BCUT2D eigenvalue weighted by atomic mass is 9.88. The smallest absolute Gasteiger partial charge is 0.151 e. The van der Waals surface area contributed by atoms with Crippen molar-refractivity contribution in [2.45, 2.75) is 38.8 Å². The van der Waals surface area contributed by atoms with Gasteiger partial charge in [-0.05, 0) is 54.9 Å². The van der Waals surface area contributed by atoms with Crippen molar-refractivity contribution in [3.05, 3.63) is 72.6 Å². The van der Waals surface area contributed by atoms with E-state index in [1.165, 1.54) is 12.5 Å². The molecule has 142 valence electrons. The fraction of sp³-hybridized carbons (Fsp3) is 0.478. The highest BCUT2D eigenvalue weighted by molar-refractivity contribution is 5.26. The Balaban J connectivity index is 1.93. The van der Waals surface area contributed by atoms with Crippen LogP contribution in [0.4, 0.5) is 8.78 Å². The molecule has 1 aromatic carbocycles. The average Bonchev–Trinajstić information content (AvgIpc) is 3.02. The van der Waals surface area contributed by atoms with Gasteiger partial charge in [-0.15, -0.1) is 0 Å². The van der Waals surface area contributed by atoms with Crippen LogP contribution in [0.5, 0.6) is 0 Å². The minimum absolute atomic E-state index is 0.396. The number of aryl methyl sites for hydroxylation is 1. The second-order valence-electron chi connectivity index (χ2n) is 7.56. The SMILES string of the molecule is C=C/C(F)=C\C(C)(F)C(=C)CN1CC(CC)C(CCc2ccccc2)C1. The summed E-state index contributed by atoms with van der Waals surface area (Å²) in [6, 6.07) is 10.5. The number of benzene rings is 1. The maximum atomic E-state index is 14.7. The zero-order valence-electron chi connectivity index (χ0n) is 16.1. The maximum absolute atomic E-state index is 14.7. The second-order valence-corrected chi connectivity index (χ2v) is 7.56. The molecule has 2 rings (SSSR count). The first-order valence-electron chi connectivity index (χ1n) is 9.50. The van der Waals surface area contributed by atoms with Crippen molar-refractivity contribution in [3.63, 3.8) is 0 Å². The highest BCUT2D eigenvalue weighted by Crippen LogP contribution is 2.32. The fourth-order valence-electron chi connectivity index (χ4n) is 3.80. The van der Waals surface area contributed by atoms with Crippen LogP contribution in [0.25, 0.3) is 0 Å². The van der Waals surface area contributed by atoms with Gasteiger partial charge in [-0.3, -0.25) is 4.90 Å². The van der Waals surface area contributed by atoms with E-state index in [9.17, 15) is 8.78 Å². The van der Waals surface area contributed by atoms with E-state index in [1.807, 2.05) is 6.07 Å². The molecule has 1 saturated heterocycles. The lowest BCUT2D eigenvalue weighted by Gasteiger charge is -2.24. The van der Waals surface area contributed by atoms with Crippen molar-refractivity contribution in [3.8, 4) is 0 Å². The predicted molar refractivity (Wildman–Crippen MR) is 107 cm³/mol. The van der Waals surface area contributed by atoms with Crippen LogP contribution in [0.15, 0.2) is 67.0 Å². The van der Waals surface area contributed by atoms with Crippen molar-refractivity contribution in [1.29, 1.82) is 0 Å². The van der Waals surface area contributed by atoms with E-state index in [0.717, 1.165) is 44.5 Å². The first kappa shape index (κ1) is 20.6. The van der Waals surface area contributed by atoms with Crippen LogP contribution in [0.1, 0.15) is 32.3 Å². The number of hydrogen-bond acceptors (Lipinski definition) is 1. The van der Waals surface area contributed by atoms with Crippen LogP contribution < -0.4 is 0 Å². The molecule has 1 aliphatic rings. The van der Waals surface area contributed by atoms with Crippen LogP contribution in [0.3, 0.4) is 0 Å². The number of rotatable bonds is 9. The molecule has 3 heteroatoms. The third-order valence-corrected chi connectivity index (χ3v) is 5.53. The number of alkyl halides is 1. The third kappa shape index (κ3) is 5.63. The van der Waals surface area contributed by atoms with Crippen molar-refractivity contribution < 1.29 is 8.78 Å². The van der Waals surface area contributed by atoms with E-state index in [-0.39, 0.29) is 0 Å². The van der Waals surface area contributed by atoms with Gasteiger partial charge in [0.2, 0.25) is 0 Å². The van der Waals surface area contributed by atoms with Crippen LogP contribution in [-0.2, 0) is 6.42 Å². The summed E-state index contributed by atoms with van der Waals surface area (Å²) in [6.45, 7) is 13.2. The average molecular weight is 360 g/mol. The van der Waals surface area contributed by atoms with Gasteiger partial charge in [-0.1, -0.05) is 56.8 Å². The molecule has 0 spiro atoms. The zero-order valence-corrected chi connectivity index (χ0v) is 16.1. The van der Waals surface area contributed by atoms with Crippen molar-refractivity contribution in [2.75, 3.05) is 19.6 Å². The topological polar surface area (TPSA) is 3.24 Å². The summed E-state index contributed by atoms with van der Waals surface area (Å²) in [5.74, 6) is 0.585. The molecule has 0 saturated carbocycles. The highest BCUT2D eigenvalue weighted by Gasteiger charge is 2.34. The monoisotopic (exact) mass is 359 g/mol. The fourth-order valence-corrected chi connectivity index (χ4v) is 3.80. The van der Waals surface area contributed by atoms with E-state index in [4.69, 9.17) is 0 Å². The first-order valence-corrected chi connectivity index (χ1v) is 9.50. The van der Waals surface area contributed by atoms with Crippen molar-refractivity contribution in [1.82, 2.24) is 4.90 Å². The van der Waals surface area contributed by atoms with Gasteiger partial charge in [0.25, 0.3) is 0 Å². The molecule has 1 aromatic rings. The molecule has 26 heavy (non-hydrogen) atoms. The summed E-state index contributed by atoms with van der Waals surface area (Å²) in [4.78, 5) is 2.27. The Hall–Kier alpha value is -1.74. The molecule has 0 aromatic heterocycles. The second kappa shape index (κ2) is 9.27. The van der Waals surface area contributed by atoms with Crippen molar-refractivity contribution >= 4 is 0 Å². The van der Waals surface area contributed by atoms with E-state index < -0.39 is 11.5 Å². The predicted octanol–water partition coefficient (Wildman–Crippen LogP) is 5.90. The molecule has 0 bridgehead atoms.